The number of amides is 1. The molecular formula is C20H18N6O4. The number of aromatic nitrogens is 3. The number of phenols is 1. The van der Waals surface area contributed by atoms with E-state index < -0.39 is 6.09 Å². The van der Waals surface area contributed by atoms with Crippen LogP contribution in [0.25, 0.3) is 17.0 Å². The minimum Gasteiger partial charge on any atom is -0.506 e. The van der Waals surface area contributed by atoms with Crippen LogP contribution in [0.3, 0.4) is 0 Å². The van der Waals surface area contributed by atoms with Crippen molar-refractivity contribution in [2.75, 3.05) is 18.8 Å². The minimum absolute atomic E-state index is 0.00945. The molecule has 4 N–H and O–H groups in total. The summed E-state index contributed by atoms with van der Waals surface area (Å²) in [6, 6.07) is 6.32. The van der Waals surface area contributed by atoms with E-state index in [1.807, 2.05) is 6.07 Å². The third kappa shape index (κ3) is 3.47. The van der Waals surface area contributed by atoms with E-state index in [4.69, 9.17) is 10.5 Å². The molecule has 0 saturated carbocycles. The van der Waals surface area contributed by atoms with Crippen molar-refractivity contribution >= 4 is 23.7 Å². The Morgan fingerprint density at radius 3 is 2.67 bits per heavy atom. The van der Waals surface area contributed by atoms with Crippen molar-refractivity contribution in [3.8, 4) is 29.1 Å². The molecule has 0 atom stereocenters. The summed E-state index contributed by atoms with van der Waals surface area (Å²) in [4.78, 5) is 28.4. The van der Waals surface area contributed by atoms with E-state index in [-0.39, 0.29) is 53.0 Å². The highest BCUT2D eigenvalue weighted by atomic mass is 16.6. The number of nitrogens with zero attached hydrogens (tertiary/aromatic N) is 4. The van der Waals surface area contributed by atoms with Gasteiger partial charge in [0.05, 0.1) is 11.3 Å². The van der Waals surface area contributed by atoms with Crippen LogP contribution in [-0.4, -0.2) is 50.1 Å². The summed E-state index contributed by atoms with van der Waals surface area (Å²) in [6.45, 7) is 7.57. The Balaban J connectivity index is 2.11. The predicted molar refractivity (Wildman–Crippen MR) is 109 cm³/mol. The number of aldehydes is 1. The lowest BCUT2D eigenvalue weighted by atomic mass is 10.2. The first kappa shape index (κ1) is 20.2. The summed E-state index contributed by atoms with van der Waals surface area (Å²) in [5, 5.41) is 23.4. The normalized spacial score (nSPS) is 10.4. The van der Waals surface area contributed by atoms with Gasteiger partial charge in [0.15, 0.2) is 12.1 Å². The van der Waals surface area contributed by atoms with E-state index in [1.165, 1.54) is 33.7 Å². The number of nitrogen functional groups attached to an aromatic ring is 1. The number of benzene rings is 1. The molecule has 1 aromatic carbocycles. The summed E-state index contributed by atoms with van der Waals surface area (Å²) in [5.74, 6) is -0.000874. The number of rotatable bonds is 7. The second-order valence-electron chi connectivity index (χ2n) is 6.18. The van der Waals surface area contributed by atoms with Crippen LogP contribution in [0.15, 0.2) is 43.5 Å². The molecule has 0 saturated heterocycles. The van der Waals surface area contributed by atoms with Crippen LogP contribution in [0.5, 0.6) is 11.6 Å². The number of nitriles is 1. The van der Waals surface area contributed by atoms with Crippen molar-refractivity contribution < 1.29 is 19.4 Å². The lowest BCUT2D eigenvalue weighted by molar-refractivity contribution is 0.112. The zero-order valence-corrected chi connectivity index (χ0v) is 15.8. The number of nitrogens with two attached hydrogens (primary N) is 1. The SMILES string of the molecule is C=CCN(CC=C)C(=O)Oc1c(C#N)c(C=O)c2[nH]c(-c3ccc(O)c(N)c3)nn12. The van der Waals surface area contributed by atoms with Gasteiger partial charge in [0, 0.05) is 18.7 Å². The molecule has 152 valence electrons. The molecule has 0 aliphatic heterocycles. The Bertz CT molecular complexity index is 1190. The van der Waals surface area contributed by atoms with Crippen LogP contribution in [-0.2, 0) is 0 Å². The topological polar surface area (TPSA) is 150 Å². The molecule has 0 bridgehead atoms. The number of anilines is 1. The van der Waals surface area contributed by atoms with Gasteiger partial charge in [-0.15, -0.1) is 18.3 Å². The minimum atomic E-state index is -0.762. The fourth-order valence-electron chi connectivity index (χ4n) is 2.84. The maximum absolute atomic E-state index is 12.6. The van der Waals surface area contributed by atoms with Crippen LogP contribution in [0.4, 0.5) is 10.5 Å². The molecule has 3 rings (SSSR count). The second-order valence-corrected chi connectivity index (χ2v) is 6.18. The van der Waals surface area contributed by atoms with Crippen molar-refractivity contribution in [2.24, 2.45) is 0 Å². The van der Waals surface area contributed by atoms with Crippen molar-refractivity contribution in [2.45, 2.75) is 0 Å². The third-order valence-electron chi connectivity index (χ3n) is 4.25. The predicted octanol–water partition coefficient (Wildman–Crippen LogP) is 2.47. The highest BCUT2D eigenvalue weighted by Crippen LogP contribution is 2.31. The number of hydrogen-bond donors (Lipinski definition) is 3. The van der Waals surface area contributed by atoms with Gasteiger partial charge in [0.2, 0.25) is 5.88 Å². The van der Waals surface area contributed by atoms with Crippen molar-refractivity contribution in [1.29, 1.82) is 5.26 Å². The average molecular weight is 406 g/mol. The summed E-state index contributed by atoms with van der Waals surface area (Å²) in [7, 11) is 0. The first-order valence-electron chi connectivity index (χ1n) is 8.72. The van der Waals surface area contributed by atoms with E-state index in [2.05, 4.69) is 23.2 Å². The number of aromatic hydroxyl groups is 1. The van der Waals surface area contributed by atoms with Gasteiger partial charge in [-0.3, -0.25) is 4.79 Å². The molecule has 2 heterocycles. The van der Waals surface area contributed by atoms with E-state index in [9.17, 15) is 20.0 Å². The largest absolute Gasteiger partial charge is 0.506 e. The van der Waals surface area contributed by atoms with Crippen LogP contribution in [0.2, 0.25) is 0 Å². The van der Waals surface area contributed by atoms with Gasteiger partial charge in [0.25, 0.3) is 0 Å². The van der Waals surface area contributed by atoms with Gasteiger partial charge in [-0.2, -0.15) is 9.78 Å². The zero-order chi connectivity index (χ0) is 21.8. The Morgan fingerprint density at radius 1 is 1.40 bits per heavy atom. The Hall–Kier alpha value is -4.52. The second kappa shape index (κ2) is 8.24. The first-order valence-corrected chi connectivity index (χ1v) is 8.72. The average Bonchev–Trinajstić information content (AvgIpc) is 3.27. The fraction of sp³-hybridized carbons (Fsp3) is 0.100. The van der Waals surface area contributed by atoms with Gasteiger partial charge in [0.1, 0.15) is 23.0 Å². The number of nitrogens with one attached hydrogen (secondary N) is 1. The third-order valence-corrected chi connectivity index (χ3v) is 4.25. The highest BCUT2D eigenvalue weighted by molar-refractivity contribution is 5.91. The Kier molecular flexibility index (Phi) is 5.55. The molecule has 0 aliphatic carbocycles. The smallest absolute Gasteiger partial charge is 0.417 e. The van der Waals surface area contributed by atoms with Crippen LogP contribution < -0.4 is 10.5 Å². The van der Waals surface area contributed by atoms with Gasteiger partial charge < -0.3 is 25.5 Å². The van der Waals surface area contributed by atoms with Gasteiger partial charge >= 0.3 is 6.09 Å². The number of carbonyl (C=O) groups is 2. The fourth-order valence-corrected chi connectivity index (χ4v) is 2.84. The maximum atomic E-state index is 12.6. The summed E-state index contributed by atoms with van der Waals surface area (Å²) >= 11 is 0. The van der Waals surface area contributed by atoms with Crippen LogP contribution in [0.1, 0.15) is 15.9 Å². The molecule has 2 aromatic heterocycles. The number of ether oxygens (including phenoxy) is 1. The molecule has 30 heavy (non-hydrogen) atoms. The summed E-state index contributed by atoms with van der Waals surface area (Å²) in [5.41, 5.74) is 6.41. The van der Waals surface area contributed by atoms with Crippen LogP contribution in [0, 0.1) is 11.3 Å². The van der Waals surface area contributed by atoms with Crippen LogP contribution >= 0.6 is 0 Å². The van der Waals surface area contributed by atoms with Crippen molar-refractivity contribution in [3.05, 3.63) is 54.6 Å². The molecule has 3 aromatic rings. The number of H-pyrrole nitrogens is 1. The van der Waals surface area contributed by atoms with Crippen molar-refractivity contribution in [3.63, 3.8) is 0 Å². The lowest BCUT2D eigenvalue weighted by Crippen LogP contribution is -2.34. The number of phenolic OH excluding ortho intramolecular Hbond substituents is 1. The number of fused-ring (bicyclic) bond motifs is 1. The molecule has 10 heteroatoms. The highest BCUT2D eigenvalue weighted by Gasteiger charge is 2.26. The van der Waals surface area contributed by atoms with E-state index >= 15 is 0 Å². The lowest BCUT2D eigenvalue weighted by Gasteiger charge is -2.18. The maximum Gasteiger partial charge on any atom is 0.417 e. The summed E-state index contributed by atoms with van der Waals surface area (Å²) < 4.78 is 6.58. The zero-order valence-electron chi connectivity index (χ0n) is 15.8. The molecule has 0 unspecified atom stereocenters. The standard InChI is InChI=1S/C20H18N6O4/c1-3-7-25(8-4-2)20(29)30-19-13(10-21)14(11-27)18-23-17(24-26(18)19)12-5-6-16(28)15(22)9-12/h3-6,9,11,28H,1-2,7-8,22H2,(H,23,24). The molecule has 0 fully saturated rings. The van der Waals surface area contributed by atoms with E-state index in [1.54, 1.807) is 6.07 Å². The Labute approximate surface area is 171 Å². The molecule has 0 radical (unpaired) electrons. The van der Waals surface area contributed by atoms with Gasteiger partial charge in [-0.25, -0.2) is 4.79 Å². The van der Waals surface area contributed by atoms with Crippen molar-refractivity contribution in [1.82, 2.24) is 19.5 Å². The number of hydrogen-bond acceptors (Lipinski definition) is 7. The Morgan fingerprint density at radius 2 is 2.10 bits per heavy atom. The van der Waals surface area contributed by atoms with Gasteiger partial charge in [-0.05, 0) is 18.2 Å². The quantitative estimate of drug-likeness (QED) is 0.236. The molecule has 1 amide bonds. The number of aromatic amines is 1. The van der Waals surface area contributed by atoms with E-state index in [0.29, 0.717) is 11.8 Å². The first-order chi connectivity index (χ1) is 14.4. The molecule has 0 aliphatic rings. The molecule has 10 nitrogen and oxygen atoms in total. The number of carbonyl (C=O) groups excluding carboxylic acids is 2. The summed E-state index contributed by atoms with van der Waals surface area (Å²) in [6.07, 6.45) is 2.75. The van der Waals surface area contributed by atoms with Gasteiger partial charge in [-0.1, -0.05) is 12.2 Å². The van der Waals surface area contributed by atoms with E-state index in [0.717, 1.165) is 0 Å². The molecule has 0 spiro atoms. The monoisotopic (exact) mass is 406 g/mol. The molecular weight excluding hydrogens is 388 g/mol.